The van der Waals surface area contributed by atoms with Gasteiger partial charge in [0.05, 0.1) is 23.3 Å². The molecule has 2 saturated heterocycles. The van der Waals surface area contributed by atoms with Crippen LogP contribution in [0, 0.1) is 0 Å². The van der Waals surface area contributed by atoms with Crippen LogP contribution in [-0.2, 0) is 9.47 Å². The smallest absolute Gasteiger partial charge is 0.170 e. The van der Waals surface area contributed by atoms with Gasteiger partial charge in [0.2, 0.25) is 0 Å². The second-order valence-corrected chi connectivity index (χ2v) is 6.31. The first-order chi connectivity index (χ1) is 9.60. The van der Waals surface area contributed by atoms with E-state index in [2.05, 4.69) is 11.8 Å². The van der Waals surface area contributed by atoms with Crippen molar-refractivity contribution in [2.75, 3.05) is 26.3 Å². The fraction of sp³-hybridized carbons (Fsp3) is 0.600. The molecule has 0 aromatic heterocycles. The quantitative estimate of drug-likeness (QED) is 0.826. The third-order valence-corrected chi connectivity index (χ3v) is 5.09. The normalized spacial score (nSPS) is 24.1. The van der Waals surface area contributed by atoms with E-state index in [1.165, 1.54) is 5.56 Å². The Morgan fingerprint density at radius 2 is 1.75 bits per heavy atom. The van der Waals surface area contributed by atoms with E-state index in [0.29, 0.717) is 16.1 Å². The number of benzene rings is 1. The number of ether oxygens (including phenoxy) is 2. The fourth-order valence-electron chi connectivity index (χ4n) is 3.02. The van der Waals surface area contributed by atoms with E-state index in [4.69, 9.17) is 32.7 Å². The molecule has 2 fully saturated rings. The van der Waals surface area contributed by atoms with Crippen molar-refractivity contribution in [1.29, 1.82) is 0 Å². The number of piperidine rings is 1. The lowest BCUT2D eigenvalue weighted by Gasteiger charge is -2.40. The van der Waals surface area contributed by atoms with Crippen LogP contribution in [0.15, 0.2) is 18.2 Å². The molecule has 3 rings (SSSR count). The summed E-state index contributed by atoms with van der Waals surface area (Å²) in [5, 5.41) is 1.22. The second kappa shape index (κ2) is 5.82. The van der Waals surface area contributed by atoms with Crippen molar-refractivity contribution >= 4 is 23.2 Å². The van der Waals surface area contributed by atoms with E-state index < -0.39 is 0 Å². The summed E-state index contributed by atoms with van der Waals surface area (Å²) in [4.78, 5) is 2.44. The van der Waals surface area contributed by atoms with E-state index in [0.717, 1.165) is 39.1 Å². The van der Waals surface area contributed by atoms with Gasteiger partial charge in [-0.2, -0.15) is 0 Å². The minimum absolute atomic E-state index is 0.312. The molecule has 1 atom stereocenters. The second-order valence-electron chi connectivity index (χ2n) is 5.49. The molecule has 1 aromatic rings. The average molecular weight is 316 g/mol. The Hall–Kier alpha value is -0.320. The molecule has 0 radical (unpaired) electrons. The molecule has 20 heavy (non-hydrogen) atoms. The van der Waals surface area contributed by atoms with Gasteiger partial charge in [0.15, 0.2) is 5.79 Å². The molecule has 0 bridgehead atoms. The van der Waals surface area contributed by atoms with Crippen LogP contribution in [0.4, 0.5) is 0 Å². The maximum atomic E-state index is 6.10. The molecule has 2 heterocycles. The third kappa shape index (κ3) is 2.83. The third-order valence-electron chi connectivity index (χ3n) is 4.35. The van der Waals surface area contributed by atoms with Gasteiger partial charge in [-0.15, -0.1) is 0 Å². The van der Waals surface area contributed by atoms with Crippen LogP contribution in [0.5, 0.6) is 0 Å². The summed E-state index contributed by atoms with van der Waals surface area (Å²) >= 11 is 12.1. The zero-order chi connectivity index (χ0) is 14.2. The van der Waals surface area contributed by atoms with Crippen LogP contribution in [0.3, 0.4) is 0 Å². The van der Waals surface area contributed by atoms with Crippen LogP contribution in [0.25, 0.3) is 0 Å². The van der Waals surface area contributed by atoms with Crippen LogP contribution < -0.4 is 0 Å². The topological polar surface area (TPSA) is 21.7 Å². The van der Waals surface area contributed by atoms with Crippen LogP contribution >= 0.6 is 23.2 Å². The van der Waals surface area contributed by atoms with Gasteiger partial charge in [0.25, 0.3) is 0 Å². The number of halogens is 2. The van der Waals surface area contributed by atoms with Gasteiger partial charge in [-0.1, -0.05) is 29.3 Å². The number of likely N-dealkylation sites (tertiary alicyclic amines) is 1. The van der Waals surface area contributed by atoms with Gasteiger partial charge in [-0.25, -0.2) is 0 Å². The molecule has 2 aliphatic heterocycles. The van der Waals surface area contributed by atoms with Crippen LogP contribution in [0.2, 0.25) is 10.0 Å². The van der Waals surface area contributed by atoms with Crippen molar-refractivity contribution < 1.29 is 9.47 Å². The Morgan fingerprint density at radius 1 is 1.10 bits per heavy atom. The van der Waals surface area contributed by atoms with Gasteiger partial charge in [-0.05, 0) is 24.6 Å². The predicted molar refractivity (Wildman–Crippen MR) is 80.3 cm³/mol. The van der Waals surface area contributed by atoms with Gasteiger partial charge in [0.1, 0.15) is 0 Å². The first-order valence-electron chi connectivity index (χ1n) is 7.07. The molecule has 3 nitrogen and oxygen atoms in total. The molecule has 110 valence electrons. The van der Waals surface area contributed by atoms with E-state index in [1.807, 2.05) is 18.2 Å². The Bertz CT molecular complexity index is 479. The summed E-state index contributed by atoms with van der Waals surface area (Å²) in [7, 11) is 0. The number of nitrogens with zero attached hydrogens (tertiary/aromatic N) is 1. The monoisotopic (exact) mass is 315 g/mol. The lowest BCUT2D eigenvalue weighted by atomic mass is 9.99. The first kappa shape index (κ1) is 14.6. The lowest BCUT2D eigenvalue weighted by molar-refractivity contribution is -0.187. The summed E-state index contributed by atoms with van der Waals surface area (Å²) < 4.78 is 11.5. The maximum Gasteiger partial charge on any atom is 0.170 e. The molecule has 1 spiro atoms. The van der Waals surface area contributed by atoms with E-state index >= 15 is 0 Å². The van der Waals surface area contributed by atoms with Crippen molar-refractivity contribution in [2.24, 2.45) is 0 Å². The highest BCUT2D eigenvalue weighted by atomic mass is 35.5. The highest BCUT2D eigenvalue weighted by molar-refractivity contribution is 6.42. The highest BCUT2D eigenvalue weighted by Crippen LogP contribution is 2.35. The molecular formula is C15H19Cl2NO2. The number of rotatable bonds is 2. The molecular weight excluding hydrogens is 297 g/mol. The SMILES string of the molecule is CC(c1ccc(Cl)c(Cl)c1)N1CCC2(CC1)OCCO2. The minimum atomic E-state index is -0.312. The Morgan fingerprint density at radius 3 is 2.35 bits per heavy atom. The van der Waals surface area contributed by atoms with Gasteiger partial charge in [0, 0.05) is 32.0 Å². The summed E-state index contributed by atoms with van der Waals surface area (Å²) in [5.41, 5.74) is 1.20. The summed E-state index contributed by atoms with van der Waals surface area (Å²) in [6.45, 7) is 5.60. The molecule has 0 aliphatic carbocycles. The maximum absolute atomic E-state index is 6.10. The molecule has 5 heteroatoms. The number of hydrogen-bond acceptors (Lipinski definition) is 3. The zero-order valence-electron chi connectivity index (χ0n) is 11.6. The Kier molecular flexibility index (Phi) is 4.25. The summed E-state index contributed by atoms with van der Waals surface area (Å²) in [6.07, 6.45) is 1.86. The van der Waals surface area contributed by atoms with Crippen molar-refractivity contribution in [2.45, 2.75) is 31.6 Å². The van der Waals surface area contributed by atoms with Crippen molar-refractivity contribution in [3.63, 3.8) is 0 Å². The van der Waals surface area contributed by atoms with E-state index in [9.17, 15) is 0 Å². The van der Waals surface area contributed by atoms with Crippen molar-refractivity contribution in [3.8, 4) is 0 Å². The van der Waals surface area contributed by atoms with Gasteiger partial charge in [-0.3, -0.25) is 4.90 Å². The summed E-state index contributed by atoms with van der Waals surface area (Å²) in [6, 6.07) is 6.20. The van der Waals surface area contributed by atoms with Crippen LogP contribution in [0.1, 0.15) is 31.4 Å². The molecule has 1 aromatic carbocycles. The van der Waals surface area contributed by atoms with Gasteiger partial charge < -0.3 is 9.47 Å². The number of hydrogen-bond donors (Lipinski definition) is 0. The standard InChI is InChI=1S/C15H19Cl2NO2/c1-11(12-2-3-13(16)14(17)10-12)18-6-4-15(5-7-18)19-8-9-20-15/h2-3,10-11H,4-9H2,1H3. The molecule has 1 unspecified atom stereocenters. The molecule has 0 saturated carbocycles. The van der Waals surface area contributed by atoms with Crippen LogP contribution in [-0.4, -0.2) is 37.0 Å². The van der Waals surface area contributed by atoms with E-state index in [1.54, 1.807) is 0 Å². The van der Waals surface area contributed by atoms with E-state index in [-0.39, 0.29) is 5.79 Å². The predicted octanol–water partition coefficient (Wildman–Crippen LogP) is 3.89. The molecule has 2 aliphatic rings. The molecule has 0 amide bonds. The highest BCUT2D eigenvalue weighted by Gasteiger charge is 2.40. The zero-order valence-corrected chi connectivity index (χ0v) is 13.1. The first-order valence-corrected chi connectivity index (χ1v) is 7.82. The van der Waals surface area contributed by atoms with Gasteiger partial charge >= 0.3 is 0 Å². The molecule has 0 N–H and O–H groups in total. The van der Waals surface area contributed by atoms with Crippen molar-refractivity contribution in [1.82, 2.24) is 4.90 Å². The minimum Gasteiger partial charge on any atom is -0.347 e. The Balaban J connectivity index is 1.66. The average Bonchev–Trinajstić information content (AvgIpc) is 2.90. The fourth-order valence-corrected chi connectivity index (χ4v) is 3.33. The largest absolute Gasteiger partial charge is 0.347 e. The lowest BCUT2D eigenvalue weighted by Crippen LogP contribution is -2.45. The summed E-state index contributed by atoms with van der Waals surface area (Å²) in [5.74, 6) is -0.312. The Labute approximate surface area is 129 Å². The van der Waals surface area contributed by atoms with Crippen molar-refractivity contribution in [3.05, 3.63) is 33.8 Å².